The molecule has 0 unspecified atom stereocenters. The number of para-hydroxylation sites is 1. The lowest BCUT2D eigenvalue weighted by atomic mass is 9.92. The summed E-state index contributed by atoms with van der Waals surface area (Å²) in [6, 6.07) is 20.2. The first kappa shape index (κ1) is 22.2. The van der Waals surface area contributed by atoms with Gasteiger partial charge in [0.05, 0.1) is 5.69 Å². The van der Waals surface area contributed by atoms with Gasteiger partial charge in [-0.15, -0.1) is 15.0 Å². The number of nitrogens with zero attached hydrogens (tertiary/aromatic N) is 4. The Morgan fingerprint density at radius 3 is 2.14 bits per heavy atom. The highest BCUT2D eigenvalue weighted by molar-refractivity contribution is 6.37. The van der Waals surface area contributed by atoms with E-state index < -0.39 is 11.8 Å². The fourth-order valence-electron chi connectivity index (χ4n) is 4.48. The fourth-order valence-corrected chi connectivity index (χ4v) is 4.48. The number of amides is 3. The Morgan fingerprint density at radius 1 is 0.838 bits per heavy atom. The molecule has 9 heteroatoms. The van der Waals surface area contributed by atoms with Crippen LogP contribution in [0.1, 0.15) is 27.6 Å². The van der Waals surface area contributed by atoms with E-state index in [0.717, 1.165) is 4.90 Å². The number of carbonyl (C=O) groups is 3. The van der Waals surface area contributed by atoms with Crippen molar-refractivity contribution in [1.82, 2.24) is 15.0 Å². The Labute approximate surface area is 210 Å². The predicted octanol–water partition coefficient (Wildman–Crippen LogP) is 4.59. The van der Waals surface area contributed by atoms with Gasteiger partial charge in [0, 0.05) is 33.2 Å². The summed E-state index contributed by atoms with van der Waals surface area (Å²) in [5.74, 6) is -1.88. The highest BCUT2D eigenvalue weighted by atomic mass is 16.3. The number of aromatic nitrogens is 3. The largest absolute Gasteiger partial charge is 0.504 e. The molecule has 0 atom stereocenters. The first-order valence-electron chi connectivity index (χ1n) is 11.4. The third-order valence-corrected chi connectivity index (χ3v) is 6.28. The SMILES string of the molecule is C=C(C)C(=O)Nc1ccc2c3c(cccc13)C(=O)N(c1cccc(-n3nc4ccccc4n3)c1O)C2=O. The van der Waals surface area contributed by atoms with Crippen molar-refractivity contribution in [2.24, 2.45) is 0 Å². The number of nitrogens with one attached hydrogen (secondary N) is 1. The van der Waals surface area contributed by atoms with E-state index in [1.807, 2.05) is 12.1 Å². The Kier molecular flexibility index (Phi) is 4.87. The normalized spacial score (nSPS) is 12.8. The molecule has 1 aliphatic rings. The Balaban J connectivity index is 1.47. The highest BCUT2D eigenvalue weighted by Crippen LogP contribution is 2.40. The molecule has 6 rings (SSSR count). The topological polar surface area (TPSA) is 117 Å². The molecule has 0 saturated carbocycles. The monoisotopic (exact) mass is 489 g/mol. The zero-order chi connectivity index (χ0) is 25.8. The van der Waals surface area contributed by atoms with Gasteiger partial charge in [0.1, 0.15) is 16.7 Å². The van der Waals surface area contributed by atoms with E-state index in [2.05, 4.69) is 22.1 Å². The van der Waals surface area contributed by atoms with Crippen molar-refractivity contribution < 1.29 is 19.5 Å². The van der Waals surface area contributed by atoms with Crippen molar-refractivity contribution >= 4 is 50.9 Å². The third-order valence-electron chi connectivity index (χ3n) is 6.28. The van der Waals surface area contributed by atoms with Gasteiger partial charge in [-0.05, 0) is 49.4 Å². The molecule has 0 aliphatic carbocycles. The summed E-state index contributed by atoms with van der Waals surface area (Å²) in [6.07, 6.45) is 0. The molecule has 2 N–H and O–H groups in total. The first-order chi connectivity index (χ1) is 17.8. The minimum Gasteiger partial charge on any atom is -0.504 e. The van der Waals surface area contributed by atoms with Gasteiger partial charge in [0.25, 0.3) is 17.7 Å². The molecule has 0 spiro atoms. The average Bonchev–Trinajstić information content (AvgIpc) is 3.33. The maximum Gasteiger partial charge on any atom is 0.266 e. The van der Waals surface area contributed by atoms with Crippen LogP contribution in [0.2, 0.25) is 0 Å². The molecule has 0 fully saturated rings. The summed E-state index contributed by atoms with van der Waals surface area (Å²) >= 11 is 0. The highest BCUT2D eigenvalue weighted by Gasteiger charge is 2.36. The van der Waals surface area contributed by atoms with Crippen LogP contribution >= 0.6 is 0 Å². The smallest absolute Gasteiger partial charge is 0.266 e. The van der Waals surface area contributed by atoms with E-state index >= 15 is 0 Å². The van der Waals surface area contributed by atoms with Crippen LogP contribution in [0, 0.1) is 0 Å². The molecule has 3 amide bonds. The van der Waals surface area contributed by atoms with Crippen LogP contribution in [0.3, 0.4) is 0 Å². The molecule has 37 heavy (non-hydrogen) atoms. The average molecular weight is 489 g/mol. The molecule has 4 aromatic carbocycles. The molecule has 0 radical (unpaired) electrons. The number of rotatable bonds is 4. The predicted molar refractivity (Wildman–Crippen MR) is 139 cm³/mol. The zero-order valence-corrected chi connectivity index (χ0v) is 19.6. The van der Waals surface area contributed by atoms with E-state index in [-0.39, 0.29) is 34.2 Å². The molecule has 0 bridgehead atoms. The summed E-state index contributed by atoms with van der Waals surface area (Å²) in [4.78, 5) is 41.7. The van der Waals surface area contributed by atoms with Gasteiger partial charge in [-0.2, -0.15) is 0 Å². The van der Waals surface area contributed by atoms with Crippen molar-refractivity contribution in [2.45, 2.75) is 6.92 Å². The van der Waals surface area contributed by atoms with Crippen LogP contribution in [-0.2, 0) is 4.79 Å². The quantitative estimate of drug-likeness (QED) is 0.282. The molecule has 180 valence electrons. The van der Waals surface area contributed by atoms with Crippen LogP contribution < -0.4 is 10.2 Å². The van der Waals surface area contributed by atoms with Crippen molar-refractivity contribution in [3.05, 3.63) is 96.1 Å². The second-order valence-corrected chi connectivity index (χ2v) is 8.69. The molecule has 0 saturated heterocycles. The second kappa shape index (κ2) is 8.13. The van der Waals surface area contributed by atoms with E-state index in [4.69, 9.17) is 0 Å². The van der Waals surface area contributed by atoms with Gasteiger partial charge < -0.3 is 10.4 Å². The zero-order valence-electron chi connectivity index (χ0n) is 19.6. The number of fused-ring (bicyclic) bond motifs is 1. The maximum atomic E-state index is 13.7. The van der Waals surface area contributed by atoms with Gasteiger partial charge in [-0.1, -0.05) is 36.9 Å². The number of phenols is 1. The van der Waals surface area contributed by atoms with Gasteiger partial charge in [-0.3, -0.25) is 14.4 Å². The number of carbonyl (C=O) groups excluding carboxylic acids is 3. The lowest BCUT2D eigenvalue weighted by Gasteiger charge is -2.28. The molecule has 5 aromatic rings. The number of hydrogen-bond donors (Lipinski definition) is 2. The number of hydrogen-bond acceptors (Lipinski definition) is 6. The molecular formula is C28H19N5O4. The molecular weight excluding hydrogens is 470 g/mol. The second-order valence-electron chi connectivity index (χ2n) is 8.69. The van der Waals surface area contributed by atoms with Crippen LogP contribution in [0.5, 0.6) is 5.75 Å². The molecule has 1 aliphatic heterocycles. The summed E-state index contributed by atoms with van der Waals surface area (Å²) < 4.78 is 0. The Morgan fingerprint density at radius 2 is 1.46 bits per heavy atom. The minimum absolute atomic E-state index is 0.0103. The van der Waals surface area contributed by atoms with Crippen LogP contribution in [0.4, 0.5) is 11.4 Å². The molecule has 1 aromatic heterocycles. The molecule has 2 heterocycles. The summed E-state index contributed by atoms with van der Waals surface area (Å²) in [5, 5.41) is 23.7. The lowest BCUT2D eigenvalue weighted by Crippen LogP contribution is -2.40. The Hall–Kier alpha value is -5.31. The minimum atomic E-state index is -0.600. The van der Waals surface area contributed by atoms with Crippen molar-refractivity contribution in [3.8, 4) is 11.4 Å². The Bertz CT molecular complexity index is 1770. The van der Waals surface area contributed by atoms with Gasteiger partial charge >= 0.3 is 0 Å². The van der Waals surface area contributed by atoms with Gasteiger partial charge in [0.2, 0.25) is 0 Å². The van der Waals surface area contributed by atoms with E-state index in [9.17, 15) is 19.5 Å². The lowest BCUT2D eigenvalue weighted by molar-refractivity contribution is -0.112. The summed E-state index contributed by atoms with van der Waals surface area (Å²) in [6.45, 7) is 5.24. The van der Waals surface area contributed by atoms with Gasteiger partial charge in [-0.25, -0.2) is 4.90 Å². The van der Waals surface area contributed by atoms with Crippen LogP contribution in [0.25, 0.3) is 27.5 Å². The van der Waals surface area contributed by atoms with E-state index in [1.54, 1.807) is 61.5 Å². The maximum absolute atomic E-state index is 13.7. The van der Waals surface area contributed by atoms with E-state index in [0.29, 0.717) is 33.1 Å². The number of phenolic OH excluding ortho intramolecular Hbond substituents is 1. The van der Waals surface area contributed by atoms with Crippen molar-refractivity contribution in [3.63, 3.8) is 0 Å². The number of aromatic hydroxyl groups is 1. The summed E-state index contributed by atoms with van der Waals surface area (Å²) in [7, 11) is 0. The standard InChI is InChI=1S/C28H19N5O4/c1-15(2)26(35)29-19-14-13-18-24-16(19)7-5-8-17(24)27(36)32(28(18)37)22-11-6-12-23(25(22)34)33-30-20-9-3-4-10-21(20)31-33/h3-14,34H,1H2,2H3,(H,29,35). The first-order valence-corrected chi connectivity index (χ1v) is 11.4. The third kappa shape index (κ3) is 3.36. The van der Waals surface area contributed by atoms with Crippen molar-refractivity contribution in [1.29, 1.82) is 0 Å². The molecule has 9 nitrogen and oxygen atoms in total. The van der Waals surface area contributed by atoms with Crippen LogP contribution in [-0.4, -0.2) is 37.8 Å². The van der Waals surface area contributed by atoms with Crippen molar-refractivity contribution in [2.75, 3.05) is 10.2 Å². The summed E-state index contributed by atoms with van der Waals surface area (Å²) in [5.41, 5.74) is 2.82. The fraction of sp³-hybridized carbons (Fsp3) is 0.0357. The van der Waals surface area contributed by atoms with Crippen LogP contribution in [0.15, 0.2) is 84.9 Å². The number of anilines is 2. The van der Waals surface area contributed by atoms with Gasteiger partial charge in [0.15, 0.2) is 5.75 Å². The van der Waals surface area contributed by atoms with E-state index in [1.165, 1.54) is 10.9 Å². The number of imide groups is 1. The number of benzene rings is 4.